The lowest BCUT2D eigenvalue weighted by molar-refractivity contribution is -0.138. The van der Waals surface area contributed by atoms with Crippen molar-refractivity contribution in [2.75, 3.05) is 0 Å². The van der Waals surface area contributed by atoms with Crippen molar-refractivity contribution in [3.63, 3.8) is 0 Å². The van der Waals surface area contributed by atoms with Crippen LogP contribution in [0.4, 0.5) is 0 Å². The van der Waals surface area contributed by atoms with Gasteiger partial charge in [0, 0.05) is 12.3 Å². The maximum Gasteiger partial charge on any atom is 0.305 e. The van der Waals surface area contributed by atoms with Crippen LogP contribution in [0.1, 0.15) is 70.7 Å². The molecule has 0 saturated heterocycles. The fourth-order valence-electron chi connectivity index (χ4n) is 3.41. The van der Waals surface area contributed by atoms with E-state index in [-0.39, 0.29) is 29.2 Å². The Morgan fingerprint density at radius 3 is 2.37 bits per heavy atom. The lowest BCUT2D eigenvalue weighted by atomic mass is 9.85. The maximum atomic E-state index is 13.2. The zero-order chi connectivity index (χ0) is 22.5. The van der Waals surface area contributed by atoms with Crippen LogP contribution < -0.4 is 10.9 Å². The number of benzene rings is 1. The SMILES string of the molecule is CC(C)CC(C(=O)NC(CC(=O)O)c1cccc(C(C)(C)C)c1)n1ccccc1=O. The zero-order valence-corrected chi connectivity index (χ0v) is 18.4. The van der Waals surface area contributed by atoms with E-state index in [4.69, 9.17) is 0 Å². The Morgan fingerprint density at radius 2 is 1.80 bits per heavy atom. The number of carbonyl (C=O) groups excluding carboxylic acids is 1. The molecule has 2 atom stereocenters. The highest BCUT2D eigenvalue weighted by Gasteiger charge is 2.27. The summed E-state index contributed by atoms with van der Waals surface area (Å²) in [5, 5.41) is 12.3. The summed E-state index contributed by atoms with van der Waals surface area (Å²) >= 11 is 0. The van der Waals surface area contributed by atoms with Crippen molar-refractivity contribution in [2.24, 2.45) is 5.92 Å². The standard InChI is InChI=1S/C24H32N2O4/c1-16(2)13-20(26-12-7-6-11-21(26)27)23(30)25-19(15-22(28)29)17-9-8-10-18(14-17)24(3,4)5/h6-12,14,16,19-20H,13,15H2,1-5H3,(H,25,30)(H,28,29). The molecule has 0 bridgehead atoms. The van der Waals surface area contributed by atoms with Gasteiger partial charge in [-0.25, -0.2) is 0 Å². The van der Waals surface area contributed by atoms with Crippen molar-refractivity contribution < 1.29 is 14.7 Å². The van der Waals surface area contributed by atoms with E-state index in [9.17, 15) is 19.5 Å². The molecular formula is C24H32N2O4. The molecule has 0 saturated carbocycles. The van der Waals surface area contributed by atoms with Gasteiger partial charge in [-0.05, 0) is 34.9 Å². The average molecular weight is 413 g/mol. The Bertz CT molecular complexity index is 940. The van der Waals surface area contributed by atoms with Gasteiger partial charge in [0.15, 0.2) is 0 Å². The fourth-order valence-corrected chi connectivity index (χ4v) is 3.41. The molecule has 2 rings (SSSR count). The lowest BCUT2D eigenvalue weighted by Gasteiger charge is -2.26. The number of carboxylic acid groups (broad SMARTS) is 1. The molecule has 0 fully saturated rings. The highest BCUT2D eigenvalue weighted by Crippen LogP contribution is 2.27. The predicted molar refractivity (Wildman–Crippen MR) is 117 cm³/mol. The number of nitrogens with one attached hydrogen (secondary N) is 1. The second kappa shape index (κ2) is 9.74. The summed E-state index contributed by atoms with van der Waals surface area (Å²) < 4.78 is 1.42. The predicted octanol–water partition coefficient (Wildman–Crippen LogP) is 4.07. The number of aromatic nitrogens is 1. The van der Waals surface area contributed by atoms with Crippen LogP contribution in [0.15, 0.2) is 53.5 Å². The van der Waals surface area contributed by atoms with Gasteiger partial charge >= 0.3 is 5.97 Å². The van der Waals surface area contributed by atoms with Crippen LogP contribution in [0.3, 0.4) is 0 Å². The van der Waals surface area contributed by atoms with E-state index in [1.165, 1.54) is 10.6 Å². The molecule has 0 radical (unpaired) electrons. The van der Waals surface area contributed by atoms with Crippen LogP contribution >= 0.6 is 0 Å². The minimum Gasteiger partial charge on any atom is -0.481 e. The van der Waals surface area contributed by atoms with Gasteiger partial charge in [0.05, 0.1) is 12.5 Å². The summed E-state index contributed by atoms with van der Waals surface area (Å²) in [5.41, 5.74) is 1.43. The number of hydrogen-bond donors (Lipinski definition) is 2. The van der Waals surface area contributed by atoms with E-state index in [1.54, 1.807) is 18.3 Å². The number of aliphatic carboxylic acids is 1. The minimum absolute atomic E-state index is 0.106. The van der Waals surface area contributed by atoms with Gasteiger partial charge in [0.2, 0.25) is 5.91 Å². The molecule has 1 aromatic carbocycles. The molecule has 0 aliphatic carbocycles. The smallest absolute Gasteiger partial charge is 0.305 e. The van der Waals surface area contributed by atoms with Crippen LogP contribution in [0, 0.1) is 5.92 Å². The first-order valence-corrected chi connectivity index (χ1v) is 10.3. The molecule has 2 N–H and O–H groups in total. The molecule has 1 heterocycles. The van der Waals surface area contributed by atoms with Gasteiger partial charge in [0.25, 0.3) is 5.56 Å². The van der Waals surface area contributed by atoms with Crippen LogP contribution in [0.2, 0.25) is 0 Å². The van der Waals surface area contributed by atoms with E-state index in [0.29, 0.717) is 6.42 Å². The topological polar surface area (TPSA) is 88.4 Å². The molecule has 6 heteroatoms. The molecule has 2 unspecified atom stereocenters. The van der Waals surface area contributed by atoms with Gasteiger partial charge in [-0.1, -0.05) is 65.0 Å². The van der Waals surface area contributed by atoms with Crippen molar-refractivity contribution in [2.45, 2.75) is 65.0 Å². The van der Waals surface area contributed by atoms with Crippen LogP contribution in [-0.4, -0.2) is 21.6 Å². The highest BCUT2D eigenvalue weighted by molar-refractivity contribution is 5.81. The van der Waals surface area contributed by atoms with Gasteiger partial charge in [-0.15, -0.1) is 0 Å². The van der Waals surface area contributed by atoms with E-state index in [2.05, 4.69) is 26.1 Å². The van der Waals surface area contributed by atoms with Gasteiger partial charge in [0.1, 0.15) is 6.04 Å². The molecule has 0 spiro atoms. The highest BCUT2D eigenvalue weighted by atomic mass is 16.4. The van der Waals surface area contributed by atoms with Gasteiger partial charge in [-0.2, -0.15) is 0 Å². The molecule has 30 heavy (non-hydrogen) atoms. The summed E-state index contributed by atoms with van der Waals surface area (Å²) in [6.45, 7) is 10.2. The third kappa shape index (κ3) is 6.31. The molecule has 0 aliphatic heterocycles. The first-order chi connectivity index (χ1) is 14.0. The zero-order valence-electron chi connectivity index (χ0n) is 18.4. The lowest BCUT2D eigenvalue weighted by Crippen LogP contribution is -2.40. The Morgan fingerprint density at radius 1 is 1.10 bits per heavy atom. The van der Waals surface area contributed by atoms with Crippen LogP contribution in [-0.2, 0) is 15.0 Å². The molecule has 6 nitrogen and oxygen atoms in total. The second-order valence-electron chi connectivity index (χ2n) is 9.13. The first-order valence-electron chi connectivity index (χ1n) is 10.3. The van der Waals surface area contributed by atoms with Crippen LogP contribution in [0.5, 0.6) is 0 Å². The minimum atomic E-state index is -1.00. The largest absolute Gasteiger partial charge is 0.481 e. The van der Waals surface area contributed by atoms with E-state index < -0.39 is 18.1 Å². The van der Waals surface area contributed by atoms with E-state index in [1.807, 2.05) is 38.1 Å². The quantitative estimate of drug-likeness (QED) is 0.684. The number of carboxylic acids is 1. The number of rotatable bonds is 8. The Labute approximate surface area is 177 Å². The van der Waals surface area contributed by atoms with E-state index in [0.717, 1.165) is 11.1 Å². The molecule has 2 aromatic rings. The van der Waals surface area contributed by atoms with Gasteiger partial charge < -0.3 is 15.0 Å². The summed E-state index contributed by atoms with van der Waals surface area (Å²) in [6, 6.07) is 11.0. The number of amides is 1. The molecule has 162 valence electrons. The van der Waals surface area contributed by atoms with Crippen molar-refractivity contribution in [1.29, 1.82) is 0 Å². The third-order valence-electron chi connectivity index (χ3n) is 5.03. The van der Waals surface area contributed by atoms with Crippen LogP contribution in [0.25, 0.3) is 0 Å². The monoisotopic (exact) mass is 412 g/mol. The number of hydrogen-bond acceptors (Lipinski definition) is 3. The summed E-state index contributed by atoms with van der Waals surface area (Å²) in [6.07, 6.45) is 1.83. The normalized spacial score (nSPS) is 13.7. The molecule has 1 amide bonds. The third-order valence-corrected chi connectivity index (χ3v) is 5.03. The van der Waals surface area contributed by atoms with Crippen molar-refractivity contribution in [1.82, 2.24) is 9.88 Å². The molecule has 0 aliphatic rings. The Hall–Kier alpha value is -2.89. The van der Waals surface area contributed by atoms with Gasteiger partial charge in [-0.3, -0.25) is 14.4 Å². The first kappa shape index (κ1) is 23.4. The molecule has 1 aromatic heterocycles. The van der Waals surface area contributed by atoms with Crippen molar-refractivity contribution in [3.05, 3.63) is 70.1 Å². The van der Waals surface area contributed by atoms with Crippen molar-refractivity contribution in [3.8, 4) is 0 Å². The summed E-state index contributed by atoms with van der Waals surface area (Å²) in [4.78, 5) is 37.1. The fraction of sp³-hybridized carbons (Fsp3) is 0.458. The van der Waals surface area contributed by atoms with E-state index >= 15 is 0 Å². The average Bonchev–Trinajstić information content (AvgIpc) is 2.65. The number of pyridine rings is 1. The summed E-state index contributed by atoms with van der Waals surface area (Å²) in [7, 11) is 0. The number of nitrogens with zero attached hydrogens (tertiary/aromatic N) is 1. The Kier molecular flexibility index (Phi) is 7.59. The van der Waals surface area contributed by atoms with Crippen molar-refractivity contribution >= 4 is 11.9 Å². The molecular weight excluding hydrogens is 380 g/mol. The second-order valence-corrected chi connectivity index (χ2v) is 9.13. The number of carbonyl (C=O) groups is 2. The summed E-state index contributed by atoms with van der Waals surface area (Å²) in [5.74, 6) is -1.18. The maximum absolute atomic E-state index is 13.2. The Balaban J connectivity index is 2.39.